The molecule has 31 heavy (non-hydrogen) atoms. The fourth-order valence-electron chi connectivity index (χ4n) is 3.18. The van der Waals surface area contributed by atoms with Gasteiger partial charge in [-0.1, -0.05) is 0 Å². The molecule has 0 radical (unpaired) electrons. The fourth-order valence-corrected chi connectivity index (χ4v) is 5.08. The monoisotopic (exact) mass is 461 g/mol. The molecule has 160 valence electrons. The quantitative estimate of drug-likeness (QED) is 0.441. The van der Waals surface area contributed by atoms with Crippen molar-refractivity contribution >= 4 is 50.4 Å². The molecule has 7 nitrogen and oxygen atoms in total. The number of anilines is 1. The minimum absolute atomic E-state index is 0.0495. The lowest BCUT2D eigenvalue weighted by Crippen LogP contribution is -2.21. The first kappa shape index (κ1) is 21.1. The number of hydrogen-bond acceptors (Lipinski definition) is 6. The largest absolute Gasteiger partial charge is 0.365 e. The van der Waals surface area contributed by atoms with Crippen molar-refractivity contribution in [2.75, 3.05) is 5.32 Å². The van der Waals surface area contributed by atoms with Gasteiger partial charge in [-0.25, -0.2) is 13.8 Å². The van der Waals surface area contributed by atoms with Crippen molar-refractivity contribution in [2.45, 2.75) is 26.8 Å². The predicted octanol–water partition coefficient (Wildman–Crippen LogP) is 4.51. The number of carbonyl (C=O) groups excluding carboxylic acids is 2. The van der Waals surface area contributed by atoms with E-state index in [2.05, 4.69) is 15.4 Å². The van der Waals surface area contributed by atoms with Gasteiger partial charge in [0.1, 0.15) is 21.9 Å². The number of amides is 2. The molecule has 4 rings (SSSR count). The van der Waals surface area contributed by atoms with Crippen LogP contribution in [0.2, 0.25) is 0 Å². The van der Waals surface area contributed by atoms with Crippen LogP contribution in [0.4, 0.5) is 14.5 Å². The molecule has 0 spiro atoms. The molecule has 0 atom stereocenters. The average molecular weight is 462 g/mol. The number of nitrogens with two attached hydrogens (primary N) is 1. The number of hydrogen-bond donors (Lipinski definition) is 2. The molecule has 2 amide bonds. The number of aryl methyl sites for hydroxylation is 2. The van der Waals surface area contributed by atoms with Crippen molar-refractivity contribution in [1.29, 1.82) is 0 Å². The van der Waals surface area contributed by atoms with Crippen LogP contribution in [0.5, 0.6) is 0 Å². The highest BCUT2D eigenvalue weighted by Crippen LogP contribution is 2.44. The Morgan fingerprint density at radius 1 is 1.26 bits per heavy atom. The minimum Gasteiger partial charge on any atom is -0.365 e. The van der Waals surface area contributed by atoms with E-state index in [9.17, 15) is 18.4 Å². The Bertz CT molecular complexity index is 1310. The van der Waals surface area contributed by atoms with Crippen LogP contribution >= 0.6 is 22.7 Å². The molecule has 11 heteroatoms. The average Bonchev–Trinajstić information content (AvgIpc) is 3.40. The third-order valence-electron chi connectivity index (χ3n) is 4.47. The number of carbonyl (C=O) groups is 2. The molecule has 3 N–H and O–H groups in total. The van der Waals surface area contributed by atoms with E-state index in [0.29, 0.717) is 10.9 Å². The Labute approximate surface area is 183 Å². The summed E-state index contributed by atoms with van der Waals surface area (Å²) in [5.41, 5.74) is 6.66. The summed E-state index contributed by atoms with van der Waals surface area (Å²) in [5.74, 6) is -1.21. The Kier molecular flexibility index (Phi) is 5.54. The summed E-state index contributed by atoms with van der Waals surface area (Å²) < 4.78 is 28.4. The molecule has 0 fully saturated rings. The van der Waals surface area contributed by atoms with Crippen LogP contribution in [0, 0.1) is 13.8 Å². The fraction of sp³-hybridized carbons (Fsp3) is 0.200. The van der Waals surface area contributed by atoms with Crippen molar-refractivity contribution < 1.29 is 18.4 Å². The van der Waals surface area contributed by atoms with E-state index in [-0.39, 0.29) is 21.9 Å². The molecule has 0 aliphatic carbocycles. The van der Waals surface area contributed by atoms with Gasteiger partial charge in [0.15, 0.2) is 0 Å². The van der Waals surface area contributed by atoms with Crippen LogP contribution < -0.4 is 11.1 Å². The smallest absolute Gasteiger partial charge is 0.280 e. The lowest BCUT2D eigenvalue weighted by Gasteiger charge is -2.10. The maximum Gasteiger partial charge on any atom is 0.280 e. The maximum atomic E-state index is 13.5. The topological polar surface area (TPSA) is 103 Å². The highest BCUT2D eigenvalue weighted by Gasteiger charge is 2.25. The Balaban J connectivity index is 1.87. The molecular weight excluding hydrogens is 444 g/mol. The number of thiophene rings is 2. The van der Waals surface area contributed by atoms with E-state index in [4.69, 9.17) is 5.73 Å². The minimum atomic E-state index is -2.79. The third-order valence-corrected chi connectivity index (χ3v) is 6.60. The van der Waals surface area contributed by atoms with Crippen molar-refractivity contribution in [1.82, 2.24) is 14.8 Å². The predicted molar refractivity (Wildman–Crippen MR) is 117 cm³/mol. The van der Waals surface area contributed by atoms with Crippen molar-refractivity contribution in [3.8, 4) is 10.4 Å². The SMILES string of the molecule is Cc1cnn(CC(=O)Nc2c(C(N)=O)sc3nc(C(F)F)cc(-c4ccc(C)s4)c23)c1. The normalized spacial score (nSPS) is 11.4. The molecule has 0 aromatic carbocycles. The lowest BCUT2D eigenvalue weighted by molar-refractivity contribution is -0.116. The number of primary amides is 1. The van der Waals surface area contributed by atoms with Gasteiger partial charge in [0.25, 0.3) is 12.3 Å². The standard InChI is InChI=1S/C20H17F2N5O2S2/c1-9-6-24-27(7-9)8-14(28)26-16-15-11(13-4-3-10(2)30-13)5-12(18(21)22)25-20(15)31-17(16)19(23)29/h3-7,18H,8H2,1-2H3,(H2,23,29)(H,26,28). The van der Waals surface area contributed by atoms with Gasteiger partial charge in [-0.05, 0) is 37.6 Å². The van der Waals surface area contributed by atoms with Gasteiger partial charge in [0.2, 0.25) is 5.91 Å². The van der Waals surface area contributed by atoms with Crippen molar-refractivity contribution in [3.05, 3.63) is 51.6 Å². The number of aromatic nitrogens is 3. The van der Waals surface area contributed by atoms with Crippen LogP contribution in [-0.4, -0.2) is 26.6 Å². The van der Waals surface area contributed by atoms with E-state index in [1.54, 1.807) is 12.4 Å². The highest BCUT2D eigenvalue weighted by molar-refractivity contribution is 7.21. The zero-order valence-corrected chi connectivity index (χ0v) is 18.1. The molecule has 0 unspecified atom stereocenters. The summed E-state index contributed by atoms with van der Waals surface area (Å²) in [7, 11) is 0. The van der Waals surface area contributed by atoms with Crippen LogP contribution in [0.25, 0.3) is 20.7 Å². The molecule has 0 bridgehead atoms. The molecule has 0 aliphatic rings. The van der Waals surface area contributed by atoms with E-state index in [1.165, 1.54) is 22.1 Å². The van der Waals surface area contributed by atoms with E-state index in [1.807, 2.05) is 26.0 Å². The van der Waals surface area contributed by atoms with E-state index < -0.39 is 23.9 Å². The Morgan fingerprint density at radius 2 is 2.03 bits per heavy atom. The van der Waals surface area contributed by atoms with Crippen molar-refractivity contribution in [2.24, 2.45) is 5.73 Å². The molecule has 0 saturated carbocycles. The van der Waals surface area contributed by atoms with Gasteiger partial charge in [0, 0.05) is 26.9 Å². The molecule has 0 aliphatic heterocycles. The second kappa shape index (κ2) is 8.16. The number of halogens is 2. The van der Waals surface area contributed by atoms with Crippen LogP contribution in [0.3, 0.4) is 0 Å². The van der Waals surface area contributed by atoms with Gasteiger partial charge in [-0.15, -0.1) is 22.7 Å². The number of nitrogens with one attached hydrogen (secondary N) is 1. The number of alkyl halides is 2. The summed E-state index contributed by atoms with van der Waals surface area (Å²) in [6, 6.07) is 4.97. The zero-order chi connectivity index (χ0) is 22.3. The Morgan fingerprint density at radius 3 is 2.61 bits per heavy atom. The lowest BCUT2D eigenvalue weighted by atomic mass is 10.1. The molecule has 4 aromatic heterocycles. The third kappa shape index (κ3) is 4.19. The van der Waals surface area contributed by atoms with Gasteiger partial charge in [-0.2, -0.15) is 5.10 Å². The summed E-state index contributed by atoms with van der Waals surface area (Å²) >= 11 is 2.30. The Hall–Kier alpha value is -3.18. The van der Waals surface area contributed by atoms with E-state index in [0.717, 1.165) is 26.7 Å². The summed E-state index contributed by atoms with van der Waals surface area (Å²) in [6.45, 7) is 3.66. The first-order valence-corrected chi connectivity index (χ1v) is 10.8. The second-order valence-electron chi connectivity index (χ2n) is 6.92. The summed E-state index contributed by atoms with van der Waals surface area (Å²) in [6.07, 6.45) is 0.538. The van der Waals surface area contributed by atoms with Crippen LogP contribution in [0.15, 0.2) is 30.6 Å². The second-order valence-corrected chi connectivity index (χ2v) is 9.21. The van der Waals surface area contributed by atoms with Crippen LogP contribution in [-0.2, 0) is 11.3 Å². The number of nitrogens with zero attached hydrogens (tertiary/aromatic N) is 3. The van der Waals surface area contributed by atoms with Gasteiger partial charge >= 0.3 is 0 Å². The van der Waals surface area contributed by atoms with Crippen molar-refractivity contribution in [3.63, 3.8) is 0 Å². The first-order valence-electron chi connectivity index (χ1n) is 9.14. The van der Waals surface area contributed by atoms with Gasteiger partial charge in [-0.3, -0.25) is 14.3 Å². The zero-order valence-electron chi connectivity index (χ0n) is 16.5. The molecule has 4 aromatic rings. The number of rotatable bonds is 6. The molecular formula is C20H17F2N5O2S2. The first-order chi connectivity index (χ1) is 14.7. The molecule has 0 saturated heterocycles. The highest BCUT2D eigenvalue weighted by atomic mass is 32.1. The molecule has 4 heterocycles. The summed E-state index contributed by atoms with van der Waals surface area (Å²) in [4.78, 5) is 30.8. The maximum absolute atomic E-state index is 13.5. The summed E-state index contributed by atoms with van der Waals surface area (Å²) in [5, 5.41) is 7.21. The van der Waals surface area contributed by atoms with Gasteiger partial charge in [0.05, 0.1) is 11.9 Å². The van der Waals surface area contributed by atoms with Gasteiger partial charge < -0.3 is 11.1 Å². The number of fused-ring (bicyclic) bond motifs is 1. The number of pyridine rings is 1. The van der Waals surface area contributed by atoms with E-state index >= 15 is 0 Å². The van der Waals surface area contributed by atoms with Crippen LogP contribution in [0.1, 0.15) is 32.2 Å².